The number of ketones is 1. The van der Waals surface area contributed by atoms with Gasteiger partial charge in [-0.2, -0.15) is 0 Å². The summed E-state index contributed by atoms with van der Waals surface area (Å²) in [7, 11) is 0. The van der Waals surface area contributed by atoms with Gasteiger partial charge in [0, 0.05) is 112 Å². The van der Waals surface area contributed by atoms with Crippen molar-refractivity contribution in [1.82, 2.24) is 51.7 Å². The number of hydrogen-bond acceptors (Lipinski definition) is 13. The standard InChI is InChI=1S/C61H70ClN11O9/c62-45-17-12-41(13-18-45)38-81-46-19-14-40(15-20-46)29-52-58(77)71-53(30-42-9-6-23-65-34-42)60(79)73-37-47(82-61(80)66-24-22-63)33-54(73)59(78)68-50(21-16-39-7-2-1-3-8-39)57(76)69-51(31-43-35-67-49-11-5-4-10-48(43)49)55(74)32-44(56(75)70-52)36-72-27-25-64-26-28-72/h1-15,17-20,23,34-35,44,47,50-54,64,67H,16,21-22,24-33,36-38,63H2,(H,66,80)(H,68,78)(H,69,76)(H,70,75)(H,71,77)/t44-,47+,50+,51+,52-,53-,54-/m0/s1. The molecule has 7 atom stereocenters. The average Bonchev–Trinajstić information content (AvgIpc) is 4.32. The average molecular weight is 1140 g/mol. The van der Waals surface area contributed by atoms with Crippen molar-refractivity contribution >= 4 is 63.9 Å². The summed E-state index contributed by atoms with van der Waals surface area (Å²) in [5, 5.41) is 19.3. The smallest absolute Gasteiger partial charge is 0.407 e. The Morgan fingerprint density at radius 3 is 2.15 bits per heavy atom. The zero-order valence-electron chi connectivity index (χ0n) is 45.5. The highest BCUT2D eigenvalue weighted by atomic mass is 35.5. The zero-order valence-corrected chi connectivity index (χ0v) is 46.3. The lowest BCUT2D eigenvalue weighted by Gasteiger charge is -2.33. The van der Waals surface area contributed by atoms with Crippen molar-refractivity contribution in [2.45, 2.75) is 87.9 Å². The molecule has 21 heteroatoms. The first-order valence-electron chi connectivity index (χ1n) is 27.9. The van der Waals surface area contributed by atoms with Crippen LogP contribution in [0.4, 0.5) is 4.79 Å². The third-order valence-corrected chi connectivity index (χ3v) is 15.4. The van der Waals surface area contributed by atoms with E-state index < -0.39 is 83.6 Å². The Morgan fingerprint density at radius 2 is 1.39 bits per heavy atom. The van der Waals surface area contributed by atoms with Crippen LogP contribution in [0.2, 0.25) is 5.02 Å². The lowest BCUT2D eigenvalue weighted by atomic mass is 9.92. The number of amides is 6. The number of benzene rings is 4. The van der Waals surface area contributed by atoms with Gasteiger partial charge in [0.1, 0.15) is 42.6 Å². The summed E-state index contributed by atoms with van der Waals surface area (Å²) >= 11 is 6.10. The number of H-pyrrole nitrogens is 1. The normalized spacial score (nSPS) is 22.5. The number of halogens is 1. The number of fused-ring (bicyclic) bond motifs is 2. The first-order chi connectivity index (χ1) is 39.8. The van der Waals surface area contributed by atoms with Gasteiger partial charge in [-0.1, -0.05) is 90.5 Å². The predicted molar refractivity (Wildman–Crippen MR) is 308 cm³/mol. The number of nitrogens with zero attached hydrogens (tertiary/aromatic N) is 3. The summed E-state index contributed by atoms with van der Waals surface area (Å²) in [6.45, 7) is 2.90. The van der Waals surface area contributed by atoms with E-state index in [1.807, 2.05) is 66.7 Å². The van der Waals surface area contributed by atoms with Crippen LogP contribution in [-0.2, 0) is 65.8 Å². The molecule has 3 saturated heterocycles. The molecule has 3 aliphatic rings. The van der Waals surface area contributed by atoms with Crippen molar-refractivity contribution in [2.24, 2.45) is 11.7 Å². The SMILES string of the molecule is NCCNC(=O)O[C@@H]1C[C@H]2C(=O)N[C@H](CCc3ccccc3)C(=O)N[C@H](Cc3c[nH]c4ccccc34)C(=O)C[C@@H](CN3CCNCC3)C(=O)N[C@@H](Cc3ccc(OCc4ccc(Cl)cc4)cc3)C(=O)N[C@@H](Cc3cccnc3)C(=O)N2C1. The number of hydrogen-bond donors (Lipinski definition) is 8. The Morgan fingerprint density at radius 1 is 0.707 bits per heavy atom. The molecule has 0 radical (unpaired) electrons. The van der Waals surface area contributed by atoms with Gasteiger partial charge in [-0.25, -0.2) is 4.79 Å². The van der Waals surface area contributed by atoms with E-state index in [1.54, 1.807) is 67.1 Å². The van der Waals surface area contributed by atoms with E-state index in [2.05, 4.69) is 46.8 Å². The van der Waals surface area contributed by atoms with Gasteiger partial charge < -0.3 is 61.9 Å². The number of aromatic amines is 1. The molecule has 0 saturated carbocycles. The lowest BCUT2D eigenvalue weighted by molar-refractivity contribution is -0.143. The predicted octanol–water partition coefficient (Wildman–Crippen LogP) is 3.54. The van der Waals surface area contributed by atoms with E-state index in [0.717, 1.165) is 27.6 Å². The van der Waals surface area contributed by atoms with Crippen LogP contribution < -0.4 is 42.4 Å². The van der Waals surface area contributed by atoms with Gasteiger partial charge in [-0.15, -0.1) is 0 Å². The molecular weight excluding hydrogens is 1070 g/mol. The minimum Gasteiger partial charge on any atom is -0.489 e. The second kappa shape index (κ2) is 28.5. The van der Waals surface area contributed by atoms with Crippen LogP contribution >= 0.6 is 11.6 Å². The maximum Gasteiger partial charge on any atom is 0.407 e. The molecule has 0 unspecified atom stereocenters. The highest BCUT2D eigenvalue weighted by molar-refractivity contribution is 6.30. The Hall–Kier alpha value is -8.17. The first-order valence-corrected chi connectivity index (χ1v) is 28.3. The molecule has 2 aromatic heterocycles. The van der Waals surface area contributed by atoms with E-state index in [4.69, 9.17) is 26.8 Å². The molecule has 4 aromatic carbocycles. The summed E-state index contributed by atoms with van der Waals surface area (Å²) < 4.78 is 11.8. The van der Waals surface area contributed by atoms with Crippen molar-refractivity contribution in [1.29, 1.82) is 0 Å². The Kier molecular flexibility index (Phi) is 20.3. The molecule has 6 amide bonds. The molecule has 9 N–H and O–H groups in total. The van der Waals surface area contributed by atoms with Crippen LogP contribution in [0.25, 0.3) is 10.9 Å². The second-order valence-corrected chi connectivity index (χ2v) is 21.5. The first kappa shape index (κ1) is 58.5. The van der Waals surface area contributed by atoms with Gasteiger partial charge in [0.15, 0.2) is 5.78 Å². The molecule has 6 aromatic rings. The van der Waals surface area contributed by atoms with Crippen LogP contribution in [0, 0.1) is 5.92 Å². The number of nitrogens with two attached hydrogens (primary N) is 1. The number of carbonyl (C=O) groups is 7. The summed E-state index contributed by atoms with van der Waals surface area (Å²) in [4.78, 5) is 115. The van der Waals surface area contributed by atoms with Gasteiger partial charge in [-0.3, -0.25) is 33.8 Å². The largest absolute Gasteiger partial charge is 0.489 e. The molecule has 0 spiro atoms. The van der Waals surface area contributed by atoms with Gasteiger partial charge in [-0.05, 0) is 77.1 Å². The second-order valence-electron chi connectivity index (χ2n) is 21.1. The molecule has 5 heterocycles. The number of aryl methyl sites for hydroxylation is 1. The van der Waals surface area contributed by atoms with E-state index in [9.17, 15) is 4.79 Å². The van der Waals surface area contributed by atoms with E-state index in [1.165, 1.54) is 4.90 Å². The molecule has 3 aliphatic heterocycles. The van der Waals surface area contributed by atoms with Crippen molar-refractivity contribution < 1.29 is 43.0 Å². The zero-order chi connectivity index (χ0) is 57.4. The Labute approximate surface area is 481 Å². The van der Waals surface area contributed by atoms with Crippen LogP contribution in [-0.4, -0.2) is 150 Å². The minimum absolute atomic E-state index is 0.0365. The molecule has 82 heavy (non-hydrogen) atoms. The maximum absolute atomic E-state index is 15.4. The number of piperazine rings is 1. The summed E-state index contributed by atoms with van der Waals surface area (Å²) in [6.07, 6.45) is 2.94. The van der Waals surface area contributed by atoms with Crippen molar-refractivity contribution in [3.8, 4) is 5.75 Å². The fraction of sp³-hybridized carbons (Fsp3) is 0.377. The van der Waals surface area contributed by atoms with Crippen LogP contribution in [0.5, 0.6) is 5.75 Å². The summed E-state index contributed by atoms with van der Waals surface area (Å²) in [5.41, 5.74) is 10.2. The van der Waals surface area contributed by atoms with E-state index in [-0.39, 0.29) is 71.3 Å². The minimum atomic E-state index is -1.36. The van der Waals surface area contributed by atoms with Crippen LogP contribution in [0.1, 0.15) is 47.1 Å². The van der Waals surface area contributed by atoms with E-state index in [0.29, 0.717) is 54.5 Å². The van der Waals surface area contributed by atoms with Crippen molar-refractivity contribution in [3.63, 3.8) is 0 Å². The molecule has 3 fully saturated rings. The third-order valence-electron chi connectivity index (χ3n) is 15.1. The molecule has 9 rings (SSSR count). The third kappa shape index (κ3) is 16.1. The van der Waals surface area contributed by atoms with Crippen molar-refractivity contribution in [3.05, 3.63) is 167 Å². The maximum atomic E-state index is 15.4. The van der Waals surface area contributed by atoms with Crippen LogP contribution in [0.3, 0.4) is 0 Å². The number of nitrogens with one attached hydrogen (secondary N) is 7. The van der Waals surface area contributed by atoms with Gasteiger partial charge >= 0.3 is 6.09 Å². The fourth-order valence-corrected chi connectivity index (χ4v) is 10.9. The van der Waals surface area contributed by atoms with Gasteiger partial charge in [0.2, 0.25) is 29.5 Å². The van der Waals surface area contributed by atoms with E-state index >= 15 is 28.8 Å². The number of pyridine rings is 1. The number of aromatic nitrogens is 2. The number of Topliss-reactive ketones (excluding diaryl/α,β-unsaturated/α-hetero) is 1. The number of ether oxygens (including phenoxy) is 2. The lowest BCUT2D eigenvalue weighted by Crippen LogP contribution is -2.60. The van der Waals surface area contributed by atoms with Crippen LogP contribution in [0.15, 0.2) is 134 Å². The van der Waals surface area contributed by atoms with Crippen molar-refractivity contribution in [2.75, 3.05) is 52.4 Å². The number of para-hydroxylation sites is 1. The highest BCUT2D eigenvalue weighted by Gasteiger charge is 2.45. The summed E-state index contributed by atoms with van der Waals surface area (Å²) in [5.74, 6) is -4.26. The van der Waals surface area contributed by atoms with Gasteiger partial charge in [0.25, 0.3) is 0 Å². The Balaban J connectivity index is 1.10. The molecule has 430 valence electrons. The number of alkyl carbamates (subject to hydrolysis) is 1. The Bertz CT molecular complexity index is 3140. The van der Waals surface area contributed by atoms with Gasteiger partial charge in [0.05, 0.1) is 18.5 Å². The topological polar surface area (TPSA) is 271 Å². The highest BCUT2D eigenvalue weighted by Crippen LogP contribution is 2.26. The summed E-state index contributed by atoms with van der Waals surface area (Å²) in [6, 6.07) is 28.4. The monoisotopic (exact) mass is 1140 g/mol. The fourth-order valence-electron chi connectivity index (χ4n) is 10.7. The molecule has 0 aliphatic carbocycles. The number of carbonyl (C=O) groups excluding carboxylic acids is 7. The molecular formula is C61H70ClN11O9. The quantitative estimate of drug-likeness (QED) is 0.0651. The molecule has 20 nitrogen and oxygen atoms in total. The molecule has 0 bridgehead atoms. The number of rotatable bonds is 17.